The zero-order valence-corrected chi connectivity index (χ0v) is 23.4. The second-order valence-electron chi connectivity index (χ2n) is 11.8. The topological polar surface area (TPSA) is 134 Å². The maximum absolute atomic E-state index is 13.0. The van der Waals surface area contributed by atoms with Gasteiger partial charge in [-0.1, -0.05) is 5.16 Å². The molecule has 0 radical (unpaired) electrons. The number of hydrogen-bond donors (Lipinski definition) is 3. The van der Waals surface area contributed by atoms with Crippen LogP contribution in [0, 0.1) is 0 Å². The number of carbonyl (C=O) groups excluding carboxylic acids is 1. The molecule has 40 heavy (non-hydrogen) atoms. The number of fused-ring (bicyclic) bond motifs is 1. The lowest BCUT2D eigenvalue weighted by Crippen LogP contribution is -2.39. The molecule has 2 aliphatic rings. The van der Waals surface area contributed by atoms with E-state index in [1.54, 1.807) is 6.07 Å². The van der Waals surface area contributed by atoms with Crippen LogP contribution in [0.3, 0.4) is 0 Å². The summed E-state index contributed by atoms with van der Waals surface area (Å²) in [6.45, 7) is 12.9. The number of rotatable bonds is 8. The van der Waals surface area contributed by atoms with Gasteiger partial charge in [0, 0.05) is 37.6 Å². The molecule has 5 heterocycles. The van der Waals surface area contributed by atoms with Crippen molar-refractivity contribution in [2.24, 2.45) is 0 Å². The Morgan fingerprint density at radius 3 is 2.58 bits per heavy atom. The molecule has 0 saturated carbocycles. The Hall–Kier alpha value is -3.74. The fraction of sp³-hybridized carbons (Fsp3) is 0.556. The summed E-state index contributed by atoms with van der Waals surface area (Å²) in [4.78, 5) is 32.2. The van der Waals surface area contributed by atoms with Crippen molar-refractivity contribution in [2.75, 3.05) is 41.7 Å². The van der Waals surface area contributed by atoms with E-state index in [1.807, 2.05) is 19.9 Å². The molecule has 0 bridgehead atoms. The van der Waals surface area contributed by atoms with E-state index in [0.717, 1.165) is 42.1 Å². The number of pyridine rings is 1. The highest BCUT2D eigenvalue weighted by atomic mass is 19.3. The SMILES string of the molecule is CC(C)(C)NCCNc1ccc(-c2noc(C(F)F)n2)nc1C1CCN(c2ncnc3c2C(C)(C)C(=O)N3)CC1. The van der Waals surface area contributed by atoms with E-state index in [4.69, 9.17) is 9.51 Å². The molecule has 3 aromatic heterocycles. The number of nitrogens with one attached hydrogen (secondary N) is 3. The first kappa shape index (κ1) is 27.8. The second kappa shape index (κ2) is 10.7. The maximum Gasteiger partial charge on any atom is 0.315 e. The highest BCUT2D eigenvalue weighted by Gasteiger charge is 2.43. The van der Waals surface area contributed by atoms with Crippen molar-refractivity contribution >= 4 is 23.2 Å². The Labute approximate surface area is 231 Å². The van der Waals surface area contributed by atoms with Gasteiger partial charge in [0.15, 0.2) is 0 Å². The molecular weight excluding hydrogens is 520 g/mol. The van der Waals surface area contributed by atoms with Crippen LogP contribution in [0.1, 0.15) is 77.0 Å². The first-order valence-corrected chi connectivity index (χ1v) is 13.5. The van der Waals surface area contributed by atoms with Gasteiger partial charge in [0.1, 0.15) is 23.7 Å². The number of carbonyl (C=O) groups is 1. The summed E-state index contributed by atoms with van der Waals surface area (Å²) in [6, 6.07) is 3.62. The predicted molar refractivity (Wildman–Crippen MR) is 147 cm³/mol. The van der Waals surface area contributed by atoms with E-state index < -0.39 is 17.7 Å². The van der Waals surface area contributed by atoms with E-state index in [0.29, 0.717) is 31.1 Å². The van der Waals surface area contributed by atoms with Gasteiger partial charge in [-0.2, -0.15) is 13.8 Å². The zero-order chi connectivity index (χ0) is 28.7. The van der Waals surface area contributed by atoms with Crippen molar-refractivity contribution in [2.45, 2.75) is 70.8 Å². The zero-order valence-electron chi connectivity index (χ0n) is 23.4. The largest absolute Gasteiger partial charge is 0.382 e. The average molecular weight is 556 g/mol. The molecule has 1 amide bonds. The highest BCUT2D eigenvalue weighted by molar-refractivity contribution is 6.06. The van der Waals surface area contributed by atoms with Gasteiger partial charge < -0.3 is 25.4 Å². The average Bonchev–Trinajstić information content (AvgIpc) is 3.49. The van der Waals surface area contributed by atoms with Crippen LogP contribution in [0.2, 0.25) is 0 Å². The van der Waals surface area contributed by atoms with E-state index in [2.05, 4.69) is 61.7 Å². The summed E-state index contributed by atoms with van der Waals surface area (Å²) in [5.74, 6) is 0.648. The van der Waals surface area contributed by atoms with Crippen LogP contribution in [0.5, 0.6) is 0 Å². The highest BCUT2D eigenvalue weighted by Crippen LogP contribution is 2.43. The summed E-state index contributed by atoms with van der Waals surface area (Å²) in [5, 5.41) is 13.5. The molecule has 11 nitrogen and oxygen atoms in total. The summed E-state index contributed by atoms with van der Waals surface area (Å²) in [5.41, 5.74) is 2.19. The minimum atomic E-state index is -2.85. The van der Waals surface area contributed by atoms with Crippen LogP contribution in [0.25, 0.3) is 11.5 Å². The van der Waals surface area contributed by atoms with Gasteiger partial charge >= 0.3 is 6.43 Å². The molecule has 13 heteroatoms. The molecule has 0 aromatic carbocycles. The Kier molecular flexibility index (Phi) is 7.42. The number of nitrogens with zero attached hydrogens (tertiary/aromatic N) is 6. The third-order valence-corrected chi connectivity index (χ3v) is 7.31. The first-order valence-electron chi connectivity index (χ1n) is 13.5. The number of hydrogen-bond acceptors (Lipinski definition) is 10. The first-order chi connectivity index (χ1) is 18.9. The van der Waals surface area contributed by atoms with Crippen LogP contribution in [-0.2, 0) is 10.2 Å². The number of alkyl halides is 2. The maximum atomic E-state index is 13.0. The molecule has 1 saturated heterocycles. The summed E-state index contributed by atoms with van der Waals surface area (Å²) in [6.07, 6.45) is 0.195. The molecule has 2 aliphatic heterocycles. The van der Waals surface area contributed by atoms with Gasteiger partial charge in [-0.15, -0.1) is 0 Å². The Morgan fingerprint density at radius 2 is 1.90 bits per heavy atom. The van der Waals surface area contributed by atoms with Gasteiger partial charge in [-0.05, 0) is 59.6 Å². The molecular formula is C27H35F2N9O2. The third kappa shape index (κ3) is 5.60. The van der Waals surface area contributed by atoms with Crippen molar-refractivity contribution in [3.8, 4) is 11.5 Å². The number of amides is 1. The normalized spacial score (nSPS) is 17.3. The molecule has 3 aromatic rings. The fourth-order valence-electron chi connectivity index (χ4n) is 5.15. The Bertz CT molecular complexity index is 1380. The van der Waals surface area contributed by atoms with E-state index in [1.165, 1.54) is 6.33 Å². The molecule has 0 unspecified atom stereocenters. The van der Waals surface area contributed by atoms with Crippen molar-refractivity contribution in [3.05, 3.63) is 35.6 Å². The lowest BCUT2D eigenvalue weighted by Gasteiger charge is -2.35. The standard InChI is InChI=1S/C27H35F2N9O2/c1-26(2,3)33-11-10-30-16-6-7-17(21-35-24(20(28)29)40-37-21)34-19(16)15-8-12-38(13-9-15)23-18-22(31-14-32-23)36-25(39)27(18,4)5/h6-7,14-15,20,30,33H,8-13H2,1-5H3,(H,31,32,36,39). The van der Waals surface area contributed by atoms with E-state index >= 15 is 0 Å². The summed E-state index contributed by atoms with van der Waals surface area (Å²) < 4.78 is 30.8. The summed E-state index contributed by atoms with van der Waals surface area (Å²) in [7, 11) is 0. The molecule has 214 valence electrons. The van der Waals surface area contributed by atoms with Crippen molar-refractivity contribution in [1.82, 2.24) is 30.4 Å². The number of aromatic nitrogens is 5. The van der Waals surface area contributed by atoms with Crippen LogP contribution < -0.4 is 20.9 Å². The lowest BCUT2D eigenvalue weighted by molar-refractivity contribution is -0.119. The minimum absolute atomic E-state index is 0.00363. The van der Waals surface area contributed by atoms with Crippen molar-refractivity contribution in [1.29, 1.82) is 0 Å². The lowest BCUT2D eigenvalue weighted by atomic mass is 9.86. The van der Waals surface area contributed by atoms with Gasteiger partial charge in [0.05, 0.1) is 22.4 Å². The number of anilines is 3. The van der Waals surface area contributed by atoms with Crippen molar-refractivity contribution < 1.29 is 18.1 Å². The summed E-state index contributed by atoms with van der Waals surface area (Å²) >= 11 is 0. The molecule has 0 atom stereocenters. The van der Waals surface area contributed by atoms with Gasteiger partial charge in [0.25, 0.3) is 5.89 Å². The molecule has 0 spiro atoms. The van der Waals surface area contributed by atoms with Crippen LogP contribution in [0.15, 0.2) is 23.0 Å². The molecule has 3 N–H and O–H groups in total. The number of halogens is 2. The predicted octanol–water partition coefficient (Wildman–Crippen LogP) is 4.27. The van der Waals surface area contributed by atoms with E-state index in [-0.39, 0.29) is 23.2 Å². The van der Waals surface area contributed by atoms with Gasteiger partial charge in [-0.3, -0.25) is 4.79 Å². The van der Waals surface area contributed by atoms with Gasteiger partial charge in [-0.25, -0.2) is 15.0 Å². The quantitative estimate of drug-likeness (QED) is 0.346. The Balaban J connectivity index is 1.37. The van der Waals surface area contributed by atoms with Crippen LogP contribution >= 0.6 is 0 Å². The van der Waals surface area contributed by atoms with Crippen LogP contribution in [0.4, 0.5) is 26.1 Å². The smallest absolute Gasteiger partial charge is 0.315 e. The molecule has 1 fully saturated rings. The number of piperidine rings is 1. The monoisotopic (exact) mass is 555 g/mol. The fourth-order valence-corrected chi connectivity index (χ4v) is 5.15. The van der Waals surface area contributed by atoms with E-state index in [9.17, 15) is 13.6 Å². The molecule has 0 aliphatic carbocycles. The minimum Gasteiger partial charge on any atom is -0.382 e. The van der Waals surface area contributed by atoms with Crippen LogP contribution in [-0.4, -0.2) is 62.7 Å². The molecule has 5 rings (SSSR count). The van der Waals surface area contributed by atoms with Crippen molar-refractivity contribution in [3.63, 3.8) is 0 Å². The van der Waals surface area contributed by atoms with Gasteiger partial charge in [0.2, 0.25) is 11.7 Å². The second-order valence-corrected chi connectivity index (χ2v) is 11.8. The third-order valence-electron chi connectivity index (χ3n) is 7.31. The Morgan fingerprint density at radius 1 is 1.15 bits per heavy atom.